The molecule has 0 rings (SSSR count). The normalized spacial score (nSPS) is 10.5. The van der Waals surface area contributed by atoms with Crippen LogP contribution in [-0.2, 0) is 17.1 Å². The molecule has 0 radical (unpaired) electrons. The van der Waals surface area contributed by atoms with Crippen molar-refractivity contribution in [2.24, 2.45) is 0 Å². The predicted octanol–water partition coefficient (Wildman–Crippen LogP) is 7.87. The third-order valence-electron chi connectivity index (χ3n) is 4.53. The smallest absolute Gasteiger partial charge is 0.133 e. The summed E-state index contributed by atoms with van der Waals surface area (Å²) in [5.41, 5.74) is 0. The molecule has 0 saturated heterocycles. The molecule has 0 amide bonds. The van der Waals surface area contributed by atoms with Gasteiger partial charge < -0.3 is 5.32 Å². The summed E-state index contributed by atoms with van der Waals surface area (Å²) in [4.78, 5) is 0. The van der Waals surface area contributed by atoms with Gasteiger partial charge in [0.15, 0.2) is 0 Å². The molecule has 0 aliphatic rings. The molecule has 152 valence electrons. The van der Waals surface area contributed by atoms with Crippen molar-refractivity contribution in [1.82, 2.24) is 5.32 Å². The molecule has 0 bridgehead atoms. The summed E-state index contributed by atoms with van der Waals surface area (Å²) >= 11 is 7.25. The second-order valence-electron chi connectivity index (χ2n) is 7.01. The Hall–Kier alpha value is 0.759. The molecule has 0 fully saturated rings. The van der Waals surface area contributed by atoms with Gasteiger partial charge in [-0.1, -0.05) is 128 Å². The van der Waals surface area contributed by atoms with E-state index in [9.17, 15) is 0 Å². The number of hydrogen-bond acceptors (Lipinski definition) is 2. The molecular formula is C21H43FeNS2. The van der Waals surface area contributed by atoms with E-state index in [1.54, 1.807) is 0 Å². The summed E-state index contributed by atoms with van der Waals surface area (Å²) in [6.07, 6.45) is 22.2. The number of thioether (sulfide) groups is 1. The Kier molecular flexibility index (Phi) is 27.7. The third kappa shape index (κ3) is 24.8. The summed E-state index contributed by atoms with van der Waals surface area (Å²) in [6, 6.07) is 0. The van der Waals surface area contributed by atoms with E-state index in [-0.39, 0.29) is 17.1 Å². The Morgan fingerprint density at radius 1 is 0.640 bits per heavy atom. The van der Waals surface area contributed by atoms with Crippen molar-refractivity contribution in [3.8, 4) is 0 Å². The van der Waals surface area contributed by atoms with Gasteiger partial charge in [0.05, 0.1) is 0 Å². The molecule has 1 N–H and O–H groups in total. The average Bonchev–Trinajstić information content (AvgIpc) is 2.59. The number of unbranched alkanes of at least 4 members (excludes halogenated alkanes) is 14. The predicted molar refractivity (Wildman–Crippen MR) is 118 cm³/mol. The summed E-state index contributed by atoms with van der Waals surface area (Å²) in [5.74, 6) is 1.19. The Labute approximate surface area is 179 Å². The molecule has 0 aliphatic heterocycles. The summed E-state index contributed by atoms with van der Waals surface area (Å²) in [6.45, 7) is 5.63. The minimum Gasteiger partial charge on any atom is -0.371 e. The van der Waals surface area contributed by atoms with Crippen LogP contribution in [0.4, 0.5) is 0 Å². The zero-order chi connectivity index (χ0) is 17.7. The van der Waals surface area contributed by atoms with E-state index >= 15 is 0 Å². The van der Waals surface area contributed by atoms with Crippen LogP contribution in [-0.4, -0.2) is 16.6 Å². The molecule has 1 nitrogen and oxygen atoms in total. The van der Waals surface area contributed by atoms with Gasteiger partial charge in [0.2, 0.25) is 0 Å². The van der Waals surface area contributed by atoms with E-state index in [4.69, 9.17) is 12.2 Å². The third-order valence-corrected chi connectivity index (χ3v) is 5.93. The molecule has 0 aliphatic carbocycles. The zero-order valence-electron chi connectivity index (χ0n) is 16.9. The summed E-state index contributed by atoms with van der Waals surface area (Å²) < 4.78 is 1.01. The van der Waals surface area contributed by atoms with Crippen LogP contribution < -0.4 is 5.32 Å². The molecule has 0 heterocycles. The van der Waals surface area contributed by atoms with Crippen molar-refractivity contribution >= 4 is 28.3 Å². The first-order chi connectivity index (χ1) is 11.8. The number of nitrogens with one attached hydrogen (secondary N) is 1. The maximum atomic E-state index is 5.40. The van der Waals surface area contributed by atoms with E-state index in [1.807, 2.05) is 11.8 Å². The van der Waals surface area contributed by atoms with Crippen molar-refractivity contribution in [3.05, 3.63) is 0 Å². The molecule has 0 aromatic rings. The molecule has 0 saturated carbocycles. The van der Waals surface area contributed by atoms with Crippen LogP contribution in [0.2, 0.25) is 0 Å². The van der Waals surface area contributed by atoms with Crippen LogP contribution in [0, 0.1) is 0 Å². The van der Waals surface area contributed by atoms with Crippen LogP contribution in [0.5, 0.6) is 0 Å². The molecule has 4 heteroatoms. The molecule has 0 atom stereocenters. The van der Waals surface area contributed by atoms with Gasteiger partial charge in [-0.2, -0.15) is 0 Å². The van der Waals surface area contributed by atoms with Gasteiger partial charge in [-0.3, -0.25) is 0 Å². The van der Waals surface area contributed by atoms with Gasteiger partial charge in [-0.05, 0) is 12.8 Å². The average molecular weight is 430 g/mol. The van der Waals surface area contributed by atoms with E-state index in [2.05, 4.69) is 19.2 Å². The van der Waals surface area contributed by atoms with Crippen molar-refractivity contribution in [2.45, 2.75) is 117 Å². The molecule has 25 heavy (non-hydrogen) atoms. The standard InChI is InChI=1S/C21H43NS2.Fe/c1-3-5-7-9-11-13-15-17-19-22-21(23)24-20-18-16-14-12-10-8-6-4-2;/h3-20H2,1-2H3,(H,22,23);. The van der Waals surface area contributed by atoms with E-state index in [0.717, 1.165) is 10.9 Å². The SMILES string of the molecule is CCCCCCCCCCNC(=S)SCCCCCCCCCC.[Fe]. The fraction of sp³-hybridized carbons (Fsp3) is 0.952. The van der Waals surface area contributed by atoms with Crippen LogP contribution >= 0.6 is 24.0 Å². The number of rotatable bonds is 18. The van der Waals surface area contributed by atoms with Crippen LogP contribution in [0.15, 0.2) is 0 Å². The fourth-order valence-corrected chi connectivity index (χ4v) is 3.99. The largest absolute Gasteiger partial charge is 0.371 e. The van der Waals surface area contributed by atoms with Gasteiger partial charge >= 0.3 is 0 Å². The van der Waals surface area contributed by atoms with Gasteiger partial charge in [0.1, 0.15) is 4.32 Å². The second-order valence-corrected chi connectivity index (χ2v) is 8.78. The summed E-state index contributed by atoms with van der Waals surface area (Å²) in [5, 5.41) is 3.41. The Morgan fingerprint density at radius 3 is 1.52 bits per heavy atom. The molecule has 0 aromatic heterocycles. The molecule has 0 spiro atoms. The number of thiocarbonyl (C=S) groups is 1. The second kappa shape index (κ2) is 24.8. The van der Waals surface area contributed by atoms with Gasteiger partial charge in [-0.25, -0.2) is 0 Å². The van der Waals surface area contributed by atoms with E-state index < -0.39 is 0 Å². The minimum absolute atomic E-state index is 0. The van der Waals surface area contributed by atoms with E-state index in [1.165, 1.54) is 108 Å². The van der Waals surface area contributed by atoms with Gasteiger partial charge in [-0.15, -0.1) is 0 Å². The van der Waals surface area contributed by atoms with Gasteiger partial charge in [0.25, 0.3) is 0 Å². The topological polar surface area (TPSA) is 12.0 Å². The molecule has 0 aromatic carbocycles. The minimum atomic E-state index is 0. The molecular weight excluding hydrogens is 386 g/mol. The van der Waals surface area contributed by atoms with E-state index in [0.29, 0.717) is 0 Å². The monoisotopic (exact) mass is 429 g/mol. The maximum Gasteiger partial charge on any atom is 0.133 e. The first-order valence-electron chi connectivity index (χ1n) is 10.7. The zero-order valence-corrected chi connectivity index (χ0v) is 19.6. The molecule has 0 unspecified atom stereocenters. The van der Waals surface area contributed by atoms with Crippen LogP contribution in [0.25, 0.3) is 0 Å². The Balaban J connectivity index is 0. The number of hydrogen-bond donors (Lipinski definition) is 1. The first kappa shape index (κ1) is 28.0. The summed E-state index contributed by atoms with van der Waals surface area (Å²) in [7, 11) is 0. The van der Waals surface area contributed by atoms with Crippen molar-refractivity contribution < 1.29 is 17.1 Å². The fourth-order valence-electron chi connectivity index (χ4n) is 2.90. The Morgan fingerprint density at radius 2 is 1.04 bits per heavy atom. The van der Waals surface area contributed by atoms with Crippen LogP contribution in [0.3, 0.4) is 0 Å². The quantitative estimate of drug-likeness (QED) is 0.135. The Bertz CT molecular complexity index is 238. The van der Waals surface area contributed by atoms with Crippen LogP contribution in [0.1, 0.15) is 117 Å². The van der Waals surface area contributed by atoms with Crippen molar-refractivity contribution in [3.63, 3.8) is 0 Å². The maximum absolute atomic E-state index is 5.40. The first-order valence-corrected chi connectivity index (χ1v) is 12.1. The van der Waals surface area contributed by atoms with Crippen molar-refractivity contribution in [2.75, 3.05) is 12.3 Å². The van der Waals surface area contributed by atoms with Crippen molar-refractivity contribution in [1.29, 1.82) is 0 Å². The van der Waals surface area contributed by atoms with Gasteiger partial charge in [0, 0.05) is 29.4 Å².